The molecule has 1 N–H and O–H groups in total. The summed E-state index contributed by atoms with van der Waals surface area (Å²) < 4.78 is 0. The number of hydrogen-bond acceptors (Lipinski definition) is 3. The Labute approximate surface area is 136 Å². The van der Waals surface area contributed by atoms with Crippen molar-refractivity contribution < 1.29 is 4.92 Å². The second-order valence-corrected chi connectivity index (χ2v) is 5.68. The fourth-order valence-corrected chi connectivity index (χ4v) is 2.31. The van der Waals surface area contributed by atoms with Gasteiger partial charge in [0.1, 0.15) is 0 Å². The van der Waals surface area contributed by atoms with Crippen LogP contribution in [0.2, 0.25) is 15.1 Å². The third-order valence-corrected chi connectivity index (χ3v) is 4.05. The van der Waals surface area contributed by atoms with E-state index in [2.05, 4.69) is 5.32 Å². The smallest absolute Gasteiger partial charge is 0.271 e. The molecule has 0 aliphatic heterocycles. The number of nitro benzene ring substituents is 1. The van der Waals surface area contributed by atoms with Crippen molar-refractivity contribution in [1.29, 1.82) is 0 Å². The highest BCUT2D eigenvalue weighted by Crippen LogP contribution is 2.31. The van der Waals surface area contributed by atoms with Gasteiger partial charge in [-0.3, -0.25) is 10.1 Å². The molecule has 0 aliphatic rings. The highest BCUT2D eigenvalue weighted by atomic mass is 35.5. The van der Waals surface area contributed by atoms with E-state index in [1.807, 2.05) is 13.0 Å². The van der Waals surface area contributed by atoms with Gasteiger partial charge in [0.2, 0.25) is 0 Å². The molecule has 4 nitrogen and oxygen atoms in total. The molecule has 0 spiro atoms. The van der Waals surface area contributed by atoms with Crippen LogP contribution in [0, 0.1) is 10.1 Å². The largest absolute Gasteiger partial charge is 0.377 e. The van der Waals surface area contributed by atoms with Crippen LogP contribution < -0.4 is 5.32 Å². The molecule has 0 heterocycles. The van der Waals surface area contributed by atoms with E-state index in [0.717, 1.165) is 5.56 Å². The number of nitro groups is 1. The number of halogens is 3. The van der Waals surface area contributed by atoms with Crippen LogP contribution in [0.15, 0.2) is 36.4 Å². The van der Waals surface area contributed by atoms with Crippen molar-refractivity contribution in [2.75, 3.05) is 5.32 Å². The zero-order valence-electron chi connectivity index (χ0n) is 10.9. The first kappa shape index (κ1) is 15.9. The lowest BCUT2D eigenvalue weighted by Gasteiger charge is -2.17. The molecular weight excluding hydrogens is 335 g/mol. The van der Waals surface area contributed by atoms with E-state index < -0.39 is 4.92 Å². The molecule has 1 atom stereocenters. The van der Waals surface area contributed by atoms with E-state index in [0.29, 0.717) is 20.8 Å². The molecule has 0 amide bonds. The summed E-state index contributed by atoms with van der Waals surface area (Å²) in [5.41, 5.74) is 1.36. The molecule has 0 saturated heterocycles. The van der Waals surface area contributed by atoms with Crippen LogP contribution in [-0.2, 0) is 0 Å². The van der Waals surface area contributed by atoms with Gasteiger partial charge in [0.25, 0.3) is 5.69 Å². The Morgan fingerprint density at radius 1 is 1.05 bits per heavy atom. The zero-order chi connectivity index (χ0) is 15.6. The van der Waals surface area contributed by atoms with Crippen LogP contribution in [0.5, 0.6) is 0 Å². The van der Waals surface area contributed by atoms with Gasteiger partial charge >= 0.3 is 0 Å². The van der Waals surface area contributed by atoms with Crippen molar-refractivity contribution in [1.82, 2.24) is 0 Å². The Bertz CT molecular complexity index is 692. The normalized spacial score (nSPS) is 12.0. The van der Waals surface area contributed by atoms with Gasteiger partial charge in [-0.15, -0.1) is 0 Å². The van der Waals surface area contributed by atoms with E-state index in [4.69, 9.17) is 34.8 Å². The molecule has 0 aliphatic carbocycles. The molecule has 0 fully saturated rings. The maximum absolute atomic E-state index is 10.8. The molecule has 1 unspecified atom stereocenters. The van der Waals surface area contributed by atoms with Gasteiger partial charge in [-0.05, 0) is 30.7 Å². The summed E-state index contributed by atoms with van der Waals surface area (Å²) in [6.07, 6.45) is 0. The molecule has 0 aromatic heterocycles. The Morgan fingerprint density at radius 3 is 2.33 bits per heavy atom. The van der Waals surface area contributed by atoms with Crippen LogP contribution in [0.3, 0.4) is 0 Å². The number of non-ortho nitro benzene ring substituents is 1. The minimum atomic E-state index is -0.467. The summed E-state index contributed by atoms with van der Waals surface area (Å²) in [7, 11) is 0. The number of rotatable bonds is 4. The summed E-state index contributed by atoms with van der Waals surface area (Å²) >= 11 is 17.9. The van der Waals surface area contributed by atoms with Crippen molar-refractivity contribution in [3.8, 4) is 0 Å². The molecule has 0 bridgehead atoms. The minimum absolute atomic E-state index is 0.0248. The van der Waals surface area contributed by atoms with Gasteiger partial charge in [-0.1, -0.05) is 40.9 Å². The third-order valence-electron chi connectivity index (χ3n) is 2.98. The lowest BCUT2D eigenvalue weighted by molar-refractivity contribution is -0.384. The van der Waals surface area contributed by atoms with E-state index in [1.54, 1.807) is 12.1 Å². The number of anilines is 1. The van der Waals surface area contributed by atoms with Crippen molar-refractivity contribution in [2.24, 2.45) is 0 Å². The average Bonchev–Trinajstić information content (AvgIpc) is 2.43. The number of nitrogens with zero attached hydrogens (tertiary/aromatic N) is 1. The van der Waals surface area contributed by atoms with E-state index >= 15 is 0 Å². The highest BCUT2D eigenvalue weighted by molar-refractivity contribution is 6.42. The van der Waals surface area contributed by atoms with Gasteiger partial charge in [-0.2, -0.15) is 0 Å². The topological polar surface area (TPSA) is 55.2 Å². The molecule has 2 aromatic rings. The van der Waals surface area contributed by atoms with Gasteiger partial charge in [-0.25, -0.2) is 0 Å². The van der Waals surface area contributed by atoms with Gasteiger partial charge in [0.05, 0.1) is 25.7 Å². The van der Waals surface area contributed by atoms with E-state index in [1.165, 1.54) is 18.2 Å². The van der Waals surface area contributed by atoms with Crippen molar-refractivity contribution in [3.63, 3.8) is 0 Å². The second kappa shape index (κ2) is 6.52. The fraction of sp³-hybridized carbons (Fsp3) is 0.143. The summed E-state index contributed by atoms with van der Waals surface area (Å²) in [4.78, 5) is 10.3. The molecular formula is C14H11Cl3N2O2. The predicted molar refractivity (Wildman–Crippen MR) is 86.6 cm³/mol. The van der Waals surface area contributed by atoms with Gasteiger partial charge in [0, 0.05) is 18.2 Å². The molecule has 0 radical (unpaired) electrons. The number of benzene rings is 2. The lowest BCUT2D eigenvalue weighted by Crippen LogP contribution is -2.07. The summed E-state index contributed by atoms with van der Waals surface area (Å²) in [5, 5.41) is 15.3. The molecule has 7 heteroatoms. The van der Waals surface area contributed by atoms with Crippen LogP contribution in [-0.4, -0.2) is 4.92 Å². The van der Waals surface area contributed by atoms with Crippen molar-refractivity contribution in [2.45, 2.75) is 13.0 Å². The molecule has 21 heavy (non-hydrogen) atoms. The Kier molecular flexibility index (Phi) is 4.93. The van der Waals surface area contributed by atoms with Crippen molar-refractivity contribution in [3.05, 3.63) is 67.1 Å². The average molecular weight is 346 g/mol. The molecule has 2 rings (SSSR count). The first-order valence-corrected chi connectivity index (χ1v) is 7.17. The fourth-order valence-electron chi connectivity index (χ4n) is 1.84. The standard InChI is InChI=1S/C14H11Cl3N2O2/c1-8(9-2-4-11(15)13(17)6-9)18-14-7-10(19(20)21)3-5-12(14)16/h2-8,18H,1H3. The van der Waals surface area contributed by atoms with Crippen LogP contribution in [0.1, 0.15) is 18.5 Å². The lowest BCUT2D eigenvalue weighted by atomic mass is 10.1. The van der Waals surface area contributed by atoms with E-state index in [-0.39, 0.29) is 11.7 Å². The monoisotopic (exact) mass is 344 g/mol. The minimum Gasteiger partial charge on any atom is -0.377 e. The predicted octanol–water partition coefficient (Wildman–Crippen LogP) is 5.73. The van der Waals surface area contributed by atoms with Crippen molar-refractivity contribution >= 4 is 46.2 Å². The van der Waals surface area contributed by atoms with E-state index in [9.17, 15) is 10.1 Å². The highest BCUT2D eigenvalue weighted by Gasteiger charge is 2.13. The molecule has 110 valence electrons. The summed E-state index contributed by atoms with van der Waals surface area (Å²) in [5.74, 6) is 0. The van der Waals surface area contributed by atoms with Crippen LogP contribution in [0.4, 0.5) is 11.4 Å². The molecule has 0 saturated carbocycles. The second-order valence-electron chi connectivity index (χ2n) is 4.46. The van der Waals surface area contributed by atoms with Gasteiger partial charge in [0.15, 0.2) is 0 Å². The summed E-state index contributed by atoms with van der Waals surface area (Å²) in [6, 6.07) is 9.38. The first-order chi connectivity index (χ1) is 9.88. The molecule has 2 aromatic carbocycles. The maximum Gasteiger partial charge on any atom is 0.271 e. The van der Waals surface area contributed by atoms with Gasteiger partial charge < -0.3 is 5.32 Å². The number of nitrogens with one attached hydrogen (secondary N) is 1. The Morgan fingerprint density at radius 2 is 1.71 bits per heavy atom. The maximum atomic E-state index is 10.8. The SMILES string of the molecule is CC(Nc1cc([N+](=O)[O-])ccc1Cl)c1ccc(Cl)c(Cl)c1. The van der Waals surface area contributed by atoms with Crippen LogP contribution >= 0.6 is 34.8 Å². The third kappa shape index (κ3) is 3.79. The quantitative estimate of drug-likeness (QED) is 0.569. The van der Waals surface area contributed by atoms with Crippen LogP contribution in [0.25, 0.3) is 0 Å². The number of hydrogen-bond donors (Lipinski definition) is 1. The summed E-state index contributed by atoms with van der Waals surface area (Å²) in [6.45, 7) is 1.90. The first-order valence-electron chi connectivity index (χ1n) is 6.04. The Hall–Kier alpha value is -1.49. The zero-order valence-corrected chi connectivity index (χ0v) is 13.2. The Balaban J connectivity index is 2.26.